The average molecular weight is 405 g/mol. The van der Waals surface area contributed by atoms with Crippen LogP contribution in [0.15, 0.2) is 37.8 Å². The fourth-order valence-electron chi connectivity index (χ4n) is 2.68. The summed E-state index contributed by atoms with van der Waals surface area (Å²) >= 11 is 0.947. The number of rotatable bonds is 4. The van der Waals surface area contributed by atoms with Gasteiger partial charge in [0, 0.05) is 27.2 Å². The zero-order valence-corrected chi connectivity index (χ0v) is 16.1. The third-order valence-electron chi connectivity index (χ3n) is 4.21. The first-order valence-corrected chi connectivity index (χ1v) is 8.66. The van der Waals surface area contributed by atoms with Gasteiger partial charge in [0.2, 0.25) is 0 Å². The molecule has 28 heavy (non-hydrogen) atoms. The van der Waals surface area contributed by atoms with Crippen LogP contribution in [0.5, 0.6) is 0 Å². The van der Waals surface area contributed by atoms with Crippen LogP contribution in [0.4, 0.5) is 5.69 Å². The Labute approximate surface area is 161 Å². The van der Waals surface area contributed by atoms with Crippen LogP contribution >= 0.6 is 11.8 Å². The Kier molecular flexibility index (Phi) is 4.81. The van der Waals surface area contributed by atoms with Crippen molar-refractivity contribution < 1.29 is 14.5 Å². The van der Waals surface area contributed by atoms with Gasteiger partial charge in [-0.1, -0.05) is 0 Å². The van der Waals surface area contributed by atoms with Crippen LogP contribution in [0.2, 0.25) is 0 Å². The van der Waals surface area contributed by atoms with Crippen molar-refractivity contribution in [2.24, 2.45) is 21.1 Å². The molecule has 0 aliphatic rings. The summed E-state index contributed by atoms with van der Waals surface area (Å²) < 4.78 is 8.25. The lowest BCUT2D eigenvalue weighted by Gasteiger charge is -2.05. The number of nitrogens with zero attached hydrogens (tertiary/aromatic N) is 5. The molecule has 1 aromatic carbocycles. The molecule has 0 amide bonds. The molecular formula is C16H15N5O6S. The topological polar surface area (TPSA) is 131 Å². The summed E-state index contributed by atoms with van der Waals surface area (Å²) in [5.41, 5.74) is -0.939. The van der Waals surface area contributed by atoms with Crippen LogP contribution in [0.25, 0.3) is 11.2 Å². The number of methoxy groups -OCH3 is 1. The molecule has 0 aliphatic carbocycles. The smallest absolute Gasteiger partial charge is 0.338 e. The van der Waals surface area contributed by atoms with Gasteiger partial charge in [-0.2, -0.15) is 0 Å². The maximum Gasteiger partial charge on any atom is 0.338 e. The van der Waals surface area contributed by atoms with Gasteiger partial charge in [-0.15, -0.1) is 0 Å². The molecule has 3 aromatic rings. The van der Waals surface area contributed by atoms with E-state index in [0.29, 0.717) is 0 Å². The normalized spacial score (nSPS) is 11.0. The first-order valence-electron chi connectivity index (χ1n) is 7.84. The molecule has 0 bridgehead atoms. The number of esters is 1. The molecule has 0 saturated heterocycles. The molecule has 0 atom stereocenters. The highest BCUT2D eigenvalue weighted by molar-refractivity contribution is 7.99. The van der Waals surface area contributed by atoms with E-state index >= 15 is 0 Å². The molecule has 0 fully saturated rings. The number of nitro groups is 1. The van der Waals surface area contributed by atoms with Crippen molar-refractivity contribution in [3.05, 3.63) is 54.7 Å². The van der Waals surface area contributed by atoms with Crippen molar-refractivity contribution in [3.8, 4) is 0 Å². The van der Waals surface area contributed by atoms with E-state index in [1.54, 1.807) is 7.05 Å². The molecule has 0 N–H and O–H groups in total. The van der Waals surface area contributed by atoms with Crippen molar-refractivity contribution in [2.75, 3.05) is 7.11 Å². The van der Waals surface area contributed by atoms with Gasteiger partial charge in [0.1, 0.15) is 0 Å². The van der Waals surface area contributed by atoms with E-state index in [1.807, 2.05) is 0 Å². The first-order chi connectivity index (χ1) is 13.2. The minimum absolute atomic E-state index is 0.0415. The summed E-state index contributed by atoms with van der Waals surface area (Å²) in [4.78, 5) is 51.5. The fraction of sp³-hybridized carbons (Fsp3) is 0.250. The number of fused-ring (bicyclic) bond motifs is 1. The number of ether oxygens (including phenoxy) is 1. The first kappa shape index (κ1) is 19.4. The quantitative estimate of drug-likeness (QED) is 0.354. The van der Waals surface area contributed by atoms with E-state index in [9.17, 15) is 24.5 Å². The summed E-state index contributed by atoms with van der Waals surface area (Å²) in [6, 6.07) is 3.93. The van der Waals surface area contributed by atoms with Gasteiger partial charge < -0.3 is 9.30 Å². The number of hydrogen-bond acceptors (Lipinski definition) is 8. The summed E-state index contributed by atoms with van der Waals surface area (Å²) in [5.74, 6) is -0.694. The fourth-order valence-corrected chi connectivity index (χ4v) is 3.61. The lowest BCUT2D eigenvalue weighted by molar-refractivity contribution is -0.387. The summed E-state index contributed by atoms with van der Waals surface area (Å²) in [6.07, 6.45) is 0. The van der Waals surface area contributed by atoms with Gasteiger partial charge in [0.15, 0.2) is 16.3 Å². The molecular weight excluding hydrogens is 390 g/mol. The Morgan fingerprint density at radius 2 is 1.86 bits per heavy atom. The highest BCUT2D eigenvalue weighted by Gasteiger charge is 2.23. The molecule has 2 heterocycles. The van der Waals surface area contributed by atoms with E-state index in [1.165, 1.54) is 42.5 Å². The minimum atomic E-state index is -0.694. The van der Waals surface area contributed by atoms with Gasteiger partial charge in [0.25, 0.3) is 11.2 Å². The van der Waals surface area contributed by atoms with Crippen LogP contribution in [-0.4, -0.2) is 36.7 Å². The maximum absolute atomic E-state index is 12.4. The van der Waals surface area contributed by atoms with Crippen molar-refractivity contribution in [3.63, 3.8) is 0 Å². The Bertz CT molecular complexity index is 1260. The molecule has 0 radical (unpaired) electrons. The number of imidazole rings is 1. The van der Waals surface area contributed by atoms with Gasteiger partial charge in [-0.25, -0.2) is 14.6 Å². The van der Waals surface area contributed by atoms with E-state index in [-0.39, 0.29) is 32.5 Å². The molecule has 0 unspecified atom stereocenters. The Morgan fingerprint density at radius 1 is 1.18 bits per heavy atom. The molecule has 0 aliphatic heterocycles. The van der Waals surface area contributed by atoms with Gasteiger partial charge in [0.05, 0.1) is 22.5 Å². The van der Waals surface area contributed by atoms with Crippen LogP contribution in [0.1, 0.15) is 10.4 Å². The zero-order chi connectivity index (χ0) is 20.7. The molecule has 0 saturated carbocycles. The van der Waals surface area contributed by atoms with E-state index < -0.39 is 22.1 Å². The standard InChI is InChI=1S/C16H15N5O6S/c1-18-11-12(19(2)16(24)20(3)13(11)22)17-15(18)28-10-6-5-8(14(23)27-4)7-9(10)21(25)26/h5-7H,1-4H3. The molecule has 2 aromatic heterocycles. The maximum atomic E-state index is 12.4. The number of aromatic nitrogens is 4. The second-order valence-corrected chi connectivity index (χ2v) is 6.87. The molecule has 12 heteroatoms. The van der Waals surface area contributed by atoms with Gasteiger partial charge in [-0.3, -0.25) is 24.0 Å². The van der Waals surface area contributed by atoms with Crippen molar-refractivity contribution in [1.29, 1.82) is 0 Å². The van der Waals surface area contributed by atoms with E-state index in [4.69, 9.17) is 0 Å². The third-order valence-corrected chi connectivity index (χ3v) is 5.33. The van der Waals surface area contributed by atoms with Gasteiger partial charge >= 0.3 is 11.7 Å². The second kappa shape index (κ2) is 6.96. The average Bonchev–Trinajstić information content (AvgIpc) is 3.00. The third kappa shape index (κ3) is 2.97. The highest BCUT2D eigenvalue weighted by Crippen LogP contribution is 2.35. The molecule has 146 valence electrons. The summed E-state index contributed by atoms with van der Waals surface area (Å²) in [6.45, 7) is 0. The van der Waals surface area contributed by atoms with Gasteiger partial charge in [-0.05, 0) is 23.9 Å². The predicted molar refractivity (Wildman–Crippen MR) is 99.8 cm³/mol. The monoisotopic (exact) mass is 405 g/mol. The number of aryl methyl sites for hydroxylation is 2. The van der Waals surface area contributed by atoms with Crippen molar-refractivity contribution in [2.45, 2.75) is 10.1 Å². The van der Waals surface area contributed by atoms with Crippen molar-refractivity contribution in [1.82, 2.24) is 18.7 Å². The molecule has 0 spiro atoms. The number of nitro benzene ring substituents is 1. The number of hydrogen-bond donors (Lipinski definition) is 0. The zero-order valence-electron chi connectivity index (χ0n) is 15.3. The van der Waals surface area contributed by atoms with E-state index in [2.05, 4.69) is 9.72 Å². The number of carbonyl (C=O) groups is 1. The van der Waals surface area contributed by atoms with E-state index in [0.717, 1.165) is 22.4 Å². The number of carbonyl (C=O) groups excluding carboxylic acids is 1. The summed E-state index contributed by atoms with van der Waals surface area (Å²) in [7, 11) is 5.61. The highest BCUT2D eigenvalue weighted by atomic mass is 32.2. The lowest BCUT2D eigenvalue weighted by Crippen LogP contribution is -2.37. The predicted octanol–water partition coefficient (Wildman–Crippen LogP) is 0.817. The summed E-state index contributed by atoms with van der Waals surface area (Å²) in [5, 5.41) is 11.7. The number of benzene rings is 1. The second-order valence-electron chi connectivity index (χ2n) is 5.86. The van der Waals surface area contributed by atoms with Crippen LogP contribution in [-0.2, 0) is 25.9 Å². The lowest BCUT2D eigenvalue weighted by atomic mass is 10.2. The van der Waals surface area contributed by atoms with Crippen LogP contribution in [0, 0.1) is 10.1 Å². The Hall–Kier alpha value is -3.41. The molecule has 3 rings (SSSR count). The van der Waals surface area contributed by atoms with Crippen LogP contribution < -0.4 is 11.2 Å². The SMILES string of the molecule is COC(=O)c1ccc(Sc2nc3c(c(=O)n(C)c(=O)n3C)n2C)c([N+](=O)[O-])c1. The minimum Gasteiger partial charge on any atom is -0.465 e. The van der Waals surface area contributed by atoms with Crippen molar-refractivity contribution >= 4 is 34.6 Å². The Balaban J connectivity index is 2.17. The molecule has 11 nitrogen and oxygen atoms in total. The Morgan fingerprint density at radius 3 is 2.46 bits per heavy atom. The van der Waals surface area contributed by atoms with Crippen LogP contribution in [0.3, 0.4) is 0 Å². The largest absolute Gasteiger partial charge is 0.465 e.